The number of anilines is 2. The number of esters is 1. The van der Waals surface area contributed by atoms with Crippen LogP contribution in [0, 0.1) is 0 Å². The summed E-state index contributed by atoms with van der Waals surface area (Å²) >= 11 is 1.32. The molecule has 3 rings (SSSR count). The molecule has 0 spiro atoms. The van der Waals surface area contributed by atoms with E-state index in [4.69, 9.17) is 4.74 Å². The number of carbonyl (C=O) groups is 2. The Hall–Kier alpha value is -3.19. The fourth-order valence-electron chi connectivity index (χ4n) is 2.99. The third-order valence-corrected chi connectivity index (χ3v) is 5.81. The van der Waals surface area contributed by atoms with Crippen LogP contribution in [-0.2, 0) is 16.1 Å². The number of benzene rings is 2. The lowest BCUT2D eigenvalue weighted by Crippen LogP contribution is -2.30. The summed E-state index contributed by atoms with van der Waals surface area (Å²) in [5.41, 5.74) is 3.10. The van der Waals surface area contributed by atoms with Gasteiger partial charge in [0.25, 0.3) is 5.91 Å². The Bertz CT molecular complexity index is 1020. The van der Waals surface area contributed by atoms with Crippen molar-refractivity contribution in [3.05, 3.63) is 76.8 Å². The fourth-order valence-corrected chi connectivity index (χ4v) is 3.67. The maximum atomic E-state index is 12.6. The summed E-state index contributed by atoms with van der Waals surface area (Å²) < 4.78 is 5.34. The number of hydrogen-bond donors (Lipinski definition) is 2. The van der Waals surface area contributed by atoms with E-state index < -0.39 is 12.1 Å². The van der Waals surface area contributed by atoms with Crippen LogP contribution in [0.25, 0.3) is 0 Å². The number of nitrogens with one attached hydrogen (secondary N) is 2. The molecule has 2 N–H and O–H groups in total. The number of ether oxygens (including phenoxy) is 1. The number of rotatable bonds is 9. The molecule has 0 bridgehead atoms. The summed E-state index contributed by atoms with van der Waals surface area (Å²) in [7, 11) is 0. The summed E-state index contributed by atoms with van der Waals surface area (Å²) in [6.07, 6.45) is 0.0157. The summed E-state index contributed by atoms with van der Waals surface area (Å²) in [5, 5.41) is 8.31. The highest BCUT2D eigenvalue weighted by molar-refractivity contribution is 7.13. The number of carbonyl (C=O) groups excluding carboxylic acids is 2. The van der Waals surface area contributed by atoms with E-state index >= 15 is 0 Å². The largest absolute Gasteiger partial charge is 0.448 e. The van der Waals surface area contributed by atoms with Gasteiger partial charge >= 0.3 is 5.97 Å². The zero-order valence-electron chi connectivity index (χ0n) is 17.9. The van der Waals surface area contributed by atoms with E-state index in [1.54, 1.807) is 12.3 Å². The molecule has 6 nitrogen and oxygen atoms in total. The first-order valence-corrected chi connectivity index (χ1v) is 11.2. The Morgan fingerprint density at radius 1 is 1.06 bits per heavy atom. The molecule has 0 saturated carbocycles. The first kappa shape index (κ1) is 22.5. The Kier molecular flexibility index (Phi) is 7.78. The summed E-state index contributed by atoms with van der Waals surface area (Å²) in [4.78, 5) is 29.3. The highest BCUT2D eigenvalue weighted by Crippen LogP contribution is 2.26. The number of nitrogens with zero attached hydrogens (tertiary/aromatic N) is 1. The molecule has 0 fully saturated rings. The molecule has 1 amide bonds. The lowest BCUT2D eigenvalue weighted by molar-refractivity contribution is -0.123. The molecule has 1 aromatic heterocycles. The average Bonchev–Trinajstić information content (AvgIpc) is 3.27. The maximum Gasteiger partial charge on any atom is 0.358 e. The van der Waals surface area contributed by atoms with Gasteiger partial charge in [-0.15, -0.1) is 11.3 Å². The minimum Gasteiger partial charge on any atom is -0.448 e. The van der Waals surface area contributed by atoms with Gasteiger partial charge in [-0.05, 0) is 36.5 Å². The second-order valence-corrected chi connectivity index (χ2v) is 8.17. The van der Waals surface area contributed by atoms with Gasteiger partial charge in [0.05, 0.1) is 0 Å². The summed E-state index contributed by atoms with van der Waals surface area (Å²) in [6.45, 7) is 6.38. The molecule has 0 saturated heterocycles. The Balaban J connectivity index is 1.56. The van der Waals surface area contributed by atoms with Crippen LogP contribution in [0.3, 0.4) is 0 Å². The second kappa shape index (κ2) is 10.7. The Morgan fingerprint density at radius 3 is 2.52 bits per heavy atom. The zero-order valence-corrected chi connectivity index (χ0v) is 18.7. The molecular formula is C24H27N3O3S. The molecule has 7 heteroatoms. The van der Waals surface area contributed by atoms with Crippen molar-refractivity contribution < 1.29 is 14.3 Å². The zero-order chi connectivity index (χ0) is 22.2. The third kappa shape index (κ3) is 6.15. The van der Waals surface area contributed by atoms with Crippen molar-refractivity contribution in [1.29, 1.82) is 0 Å². The van der Waals surface area contributed by atoms with Gasteiger partial charge in [-0.2, -0.15) is 0 Å². The van der Waals surface area contributed by atoms with E-state index in [1.807, 2.05) is 54.6 Å². The highest BCUT2D eigenvalue weighted by atomic mass is 32.1. The molecule has 0 unspecified atom stereocenters. The predicted molar refractivity (Wildman–Crippen MR) is 125 cm³/mol. The first-order valence-electron chi connectivity index (χ1n) is 10.3. The van der Waals surface area contributed by atoms with Crippen molar-refractivity contribution in [2.24, 2.45) is 0 Å². The number of thiazole rings is 1. The minimum atomic E-state index is -0.945. The lowest BCUT2D eigenvalue weighted by Gasteiger charge is -2.18. The number of hydrogen-bond acceptors (Lipinski definition) is 6. The van der Waals surface area contributed by atoms with Crippen LogP contribution in [0.2, 0.25) is 0 Å². The lowest BCUT2D eigenvalue weighted by atomic mass is 9.97. The van der Waals surface area contributed by atoms with Gasteiger partial charge in [0.2, 0.25) is 0 Å². The van der Waals surface area contributed by atoms with E-state index in [1.165, 1.54) is 11.3 Å². The molecule has 0 aliphatic heterocycles. The molecule has 31 heavy (non-hydrogen) atoms. The van der Waals surface area contributed by atoms with Gasteiger partial charge in [-0.1, -0.05) is 62.4 Å². The first-order chi connectivity index (χ1) is 15.0. The average molecular weight is 438 g/mol. The van der Waals surface area contributed by atoms with Crippen molar-refractivity contribution in [3.63, 3.8) is 0 Å². The Labute approximate surface area is 186 Å². The number of amides is 1. The van der Waals surface area contributed by atoms with Crippen molar-refractivity contribution in [1.82, 2.24) is 4.98 Å². The maximum absolute atomic E-state index is 12.6. The van der Waals surface area contributed by atoms with Gasteiger partial charge in [0, 0.05) is 17.6 Å². The van der Waals surface area contributed by atoms with Gasteiger partial charge in [-0.25, -0.2) is 9.78 Å². The molecule has 3 aromatic rings. The molecule has 0 aliphatic rings. The fraction of sp³-hybridized carbons (Fsp3) is 0.292. The smallest absolute Gasteiger partial charge is 0.358 e. The van der Waals surface area contributed by atoms with Gasteiger partial charge in [0.1, 0.15) is 0 Å². The monoisotopic (exact) mass is 437 g/mol. The predicted octanol–water partition coefficient (Wildman–Crippen LogP) is 5.45. The molecule has 1 heterocycles. The van der Waals surface area contributed by atoms with Crippen LogP contribution in [0.5, 0.6) is 0 Å². The van der Waals surface area contributed by atoms with E-state index in [0.29, 0.717) is 17.6 Å². The highest BCUT2D eigenvalue weighted by Gasteiger charge is 2.22. The molecule has 2 aromatic carbocycles. The van der Waals surface area contributed by atoms with Gasteiger partial charge in [0.15, 0.2) is 16.9 Å². The van der Waals surface area contributed by atoms with Crippen molar-refractivity contribution in [2.45, 2.75) is 45.8 Å². The molecule has 2 atom stereocenters. The van der Waals surface area contributed by atoms with E-state index in [9.17, 15) is 9.59 Å². The van der Waals surface area contributed by atoms with Crippen molar-refractivity contribution in [2.75, 3.05) is 10.6 Å². The van der Waals surface area contributed by atoms with Crippen LogP contribution < -0.4 is 10.6 Å². The van der Waals surface area contributed by atoms with Crippen molar-refractivity contribution in [3.8, 4) is 0 Å². The Morgan fingerprint density at radius 2 is 1.77 bits per heavy atom. The van der Waals surface area contributed by atoms with Crippen LogP contribution in [-0.4, -0.2) is 23.0 Å². The van der Waals surface area contributed by atoms with Crippen LogP contribution in [0.4, 0.5) is 10.8 Å². The van der Waals surface area contributed by atoms with Crippen LogP contribution in [0.15, 0.2) is 60.0 Å². The summed E-state index contributed by atoms with van der Waals surface area (Å²) in [6, 6.07) is 17.6. The molecule has 0 radical (unpaired) electrons. The molecule has 0 aliphatic carbocycles. The van der Waals surface area contributed by atoms with Gasteiger partial charge in [-0.3, -0.25) is 4.79 Å². The quantitative estimate of drug-likeness (QED) is 0.435. The van der Waals surface area contributed by atoms with Gasteiger partial charge < -0.3 is 15.4 Å². The normalized spacial score (nSPS) is 12.6. The minimum absolute atomic E-state index is 0.181. The molecular weight excluding hydrogens is 410 g/mol. The van der Waals surface area contributed by atoms with E-state index in [2.05, 4.69) is 29.5 Å². The van der Waals surface area contributed by atoms with Crippen LogP contribution in [0.1, 0.15) is 54.7 Å². The number of para-hydroxylation sites is 1. The number of aromatic nitrogens is 1. The molecule has 162 valence electrons. The van der Waals surface area contributed by atoms with E-state index in [0.717, 1.165) is 23.2 Å². The standard InChI is InChI=1S/C24H27N3O3S/c1-4-16(2)19-12-8-9-13-20(19)26-22(28)17(3)30-23(29)21-15-31-24(27-21)25-14-18-10-6-5-7-11-18/h5-13,15-17H,4,14H2,1-3H3,(H,25,27)(H,26,28)/t16-,17+/m0/s1. The summed E-state index contributed by atoms with van der Waals surface area (Å²) in [5.74, 6) is -0.685. The topological polar surface area (TPSA) is 80.3 Å². The van der Waals surface area contributed by atoms with Crippen LogP contribution >= 0.6 is 11.3 Å². The third-order valence-electron chi connectivity index (χ3n) is 5.01. The SMILES string of the molecule is CC[C@H](C)c1ccccc1NC(=O)[C@@H](C)OC(=O)c1csc(NCc2ccccc2)n1. The van der Waals surface area contributed by atoms with Crippen molar-refractivity contribution >= 4 is 34.0 Å². The second-order valence-electron chi connectivity index (χ2n) is 7.31. The van der Waals surface area contributed by atoms with E-state index in [-0.39, 0.29) is 11.6 Å².